The Hall–Kier alpha value is -3.84. The Kier molecular flexibility index (Phi) is 14.0. The van der Waals surface area contributed by atoms with Crippen molar-refractivity contribution in [1.82, 2.24) is 0 Å². The van der Waals surface area contributed by atoms with Crippen molar-refractivity contribution in [1.29, 1.82) is 0 Å². The standard InChI is InChI=1S/C20H22O4S.C19H22O5S2.CH4/c1-2-24-20(21)14-16-8-6-7-15-13-18(11-12-19(15)16)25(22,23)17-9-4-3-5-10-17;1-25(20,21)24-13-12-15-6-5-7-16-14-18(10-11-19(15)16)26(22,23)17-8-3-2-4-9-17;/h3-5,9-13,16H,2,6-8,14H2,1H3;2-4,8-11,14-15H,5-7,12-13H2,1H3;1H4. The number of hydrogen-bond acceptors (Lipinski definition) is 9. The SMILES string of the molecule is C.CCOC(=O)CC1CCCc2cc(S(=O)(=O)c3ccccc3)ccc21.CS(=O)(=O)OCCC1CCCc2cc(S(=O)(=O)c3ccccc3)ccc21. The average molecular weight is 769 g/mol. The van der Waals surface area contributed by atoms with Gasteiger partial charge in [-0.15, -0.1) is 0 Å². The van der Waals surface area contributed by atoms with Gasteiger partial charge in [0.05, 0.1) is 45.5 Å². The van der Waals surface area contributed by atoms with E-state index >= 15 is 0 Å². The lowest BCUT2D eigenvalue weighted by Gasteiger charge is -2.26. The smallest absolute Gasteiger partial charge is 0.306 e. The molecule has 0 fully saturated rings. The van der Waals surface area contributed by atoms with Gasteiger partial charge in [0, 0.05) is 0 Å². The van der Waals surface area contributed by atoms with Gasteiger partial charge in [-0.3, -0.25) is 8.98 Å². The number of rotatable bonds is 11. The minimum Gasteiger partial charge on any atom is -0.466 e. The maximum absolute atomic E-state index is 12.8. The molecule has 0 saturated carbocycles. The molecule has 0 saturated heterocycles. The summed E-state index contributed by atoms with van der Waals surface area (Å²) >= 11 is 0. The molecule has 0 radical (unpaired) electrons. The zero-order valence-electron chi connectivity index (χ0n) is 28.9. The molecule has 12 heteroatoms. The van der Waals surface area contributed by atoms with E-state index < -0.39 is 29.8 Å². The van der Waals surface area contributed by atoms with Crippen LogP contribution in [0.3, 0.4) is 0 Å². The average Bonchev–Trinajstić information content (AvgIpc) is 3.12. The van der Waals surface area contributed by atoms with Gasteiger partial charge in [-0.1, -0.05) is 56.0 Å². The molecule has 4 aromatic rings. The summed E-state index contributed by atoms with van der Waals surface area (Å²) in [5.74, 6) is 0.103. The zero-order chi connectivity index (χ0) is 36.6. The molecule has 52 heavy (non-hydrogen) atoms. The summed E-state index contributed by atoms with van der Waals surface area (Å²) in [5.41, 5.74) is 4.22. The molecule has 0 N–H and O–H groups in total. The van der Waals surface area contributed by atoms with Crippen molar-refractivity contribution >= 4 is 35.8 Å². The van der Waals surface area contributed by atoms with Crippen molar-refractivity contribution in [2.24, 2.45) is 0 Å². The van der Waals surface area contributed by atoms with Crippen molar-refractivity contribution in [2.45, 2.75) is 97.1 Å². The third kappa shape index (κ3) is 10.2. The van der Waals surface area contributed by atoms with Crippen molar-refractivity contribution in [3.8, 4) is 0 Å². The summed E-state index contributed by atoms with van der Waals surface area (Å²) in [6, 6.07) is 27.5. The first-order chi connectivity index (χ1) is 24.3. The van der Waals surface area contributed by atoms with E-state index in [1.807, 2.05) is 12.1 Å². The first-order valence-electron chi connectivity index (χ1n) is 17.2. The summed E-state index contributed by atoms with van der Waals surface area (Å²) in [4.78, 5) is 13.0. The molecule has 6 rings (SSSR count). The van der Waals surface area contributed by atoms with Crippen LogP contribution in [0, 0.1) is 0 Å². The van der Waals surface area contributed by atoms with Crippen molar-refractivity contribution in [3.63, 3.8) is 0 Å². The number of ether oxygens (including phenoxy) is 1. The summed E-state index contributed by atoms with van der Waals surface area (Å²) in [6.07, 6.45) is 7.45. The predicted octanol–water partition coefficient (Wildman–Crippen LogP) is 7.83. The predicted molar refractivity (Wildman–Crippen MR) is 201 cm³/mol. The van der Waals surface area contributed by atoms with Gasteiger partial charge in [0.15, 0.2) is 0 Å². The van der Waals surface area contributed by atoms with E-state index in [0.717, 1.165) is 67.0 Å². The highest BCUT2D eigenvalue weighted by Crippen LogP contribution is 2.37. The largest absolute Gasteiger partial charge is 0.466 e. The molecule has 0 heterocycles. The Morgan fingerprint density at radius 2 is 1.12 bits per heavy atom. The molecule has 280 valence electrons. The van der Waals surface area contributed by atoms with E-state index in [-0.39, 0.29) is 36.7 Å². The highest BCUT2D eigenvalue weighted by atomic mass is 32.2. The lowest BCUT2D eigenvalue weighted by molar-refractivity contribution is -0.143. The highest BCUT2D eigenvalue weighted by molar-refractivity contribution is 7.91. The number of hydrogen-bond donors (Lipinski definition) is 0. The fourth-order valence-corrected chi connectivity index (χ4v) is 9.93. The molecular formula is C40H48O9S3. The van der Waals surface area contributed by atoms with Gasteiger partial charge in [0.1, 0.15) is 0 Å². The van der Waals surface area contributed by atoms with Gasteiger partial charge in [-0.25, -0.2) is 16.8 Å². The third-order valence-electron chi connectivity index (χ3n) is 9.32. The maximum Gasteiger partial charge on any atom is 0.306 e. The van der Waals surface area contributed by atoms with Crippen molar-refractivity contribution in [2.75, 3.05) is 19.5 Å². The fourth-order valence-electron chi connectivity index (χ4n) is 6.86. The Morgan fingerprint density at radius 3 is 1.58 bits per heavy atom. The number of aryl methyl sites for hydroxylation is 2. The Morgan fingerprint density at radius 1 is 0.654 bits per heavy atom. The van der Waals surface area contributed by atoms with E-state index in [1.54, 1.807) is 91.9 Å². The van der Waals surface area contributed by atoms with Crippen molar-refractivity contribution in [3.05, 3.63) is 119 Å². The lowest BCUT2D eigenvalue weighted by Crippen LogP contribution is -2.16. The van der Waals surface area contributed by atoms with Crippen LogP contribution in [-0.2, 0) is 56.3 Å². The monoisotopic (exact) mass is 768 g/mol. The number of carbonyl (C=O) groups is 1. The van der Waals surface area contributed by atoms with Crippen LogP contribution in [0.25, 0.3) is 0 Å². The topological polar surface area (TPSA) is 138 Å². The second-order valence-corrected chi connectivity index (χ2v) is 18.4. The number of sulfone groups is 2. The first-order valence-corrected chi connectivity index (χ1v) is 21.9. The minimum atomic E-state index is -3.53. The third-order valence-corrected chi connectivity index (χ3v) is 13.4. The normalized spacial score (nSPS) is 17.0. The first kappa shape index (κ1) is 40.9. The molecule has 0 amide bonds. The summed E-state index contributed by atoms with van der Waals surface area (Å²) in [6.45, 7) is 2.33. The molecule has 2 aliphatic carbocycles. The Balaban J connectivity index is 0.000000228. The Bertz CT molecular complexity index is 2150. The van der Waals surface area contributed by atoms with Crippen LogP contribution in [0.4, 0.5) is 0 Å². The minimum absolute atomic E-state index is 0. The maximum atomic E-state index is 12.8. The van der Waals surface area contributed by atoms with E-state index in [9.17, 15) is 30.0 Å². The number of fused-ring (bicyclic) bond motifs is 2. The molecule has 9 nitrogen and oxygen atoms in total. The molecule has 0 bridgehead atoms. The van der Waals surface area contributed by atoms with Crippen LogP contribution in [0.2, 0.25) is 0 Å². The van der Waals surface area contributed by atoms with Crippen LogP contribution in [0.1, 0.15) is 87.0 Å². The molecular weight excluding hydrogens is 721 g/mol. The number of carbonyl (C=O) groups excluding carboxylic acids is 1. The van der Waals surface area contributed by atoms with Gasteiger partial charge in [0.25, 0.3) is 10.1 Å². The van der Waals surface area contributed by atoms with Gasteiger partial charge < -0.3 is 4.74 Å². The summed E-state index contributed by atoms with van der Waals surface area (Å²) in [5, 5.41) is 0. The van der Waals surface area contributed by atoms with Gasteiger partial charge in [-0.2, -0.15) is 8.42 Å². The molecule has 0 aromatic heterocycles. The zero-order valence-corrected chi connectivity index (χ0v) is 31.3. The van der Waals surface area contributed by atoms with Crippen molar-refractivity contribution < 1.29 is 39.0 Å². The molecule has 0 aliphatic heterocycles. The number of benzene rings is 4. The van der Waals surface area contributed by atoms with Crippen LogP contribution in [0.5, 0.6) is 0 Å². The van der Waals surface area contributed by atoms with E-state index in [0.29, 0.717) is 34.1 Å². The number of esters is 1. The molecule has 4 aromatic carbocycles. The molecule has 2 atom stereocenters. The fraction of sp³-hybridized carbons (Fsp3) is 0.375. The van der Waals surface area contributed by atoms with Crippen LogP contribution in [0.15, 0.2) is 117 Å². The molecule has 0 spiro atoms. The lowest BCUT2D eigenvalue weighted by atomic mass is 9.81. The van der Waals surface area contributed by atoms with Crippen LogP contribution < -0.4 is 0 Å². The second-order valence-electron chi connectivity index (χ2n) is 12.9. The van der Waals surface area contributed by atoms with E-state index in [1.165, 1.54) is 0 Å². The summed E-state index contributed by atoms with van der Waals surface area (Å²) in [7, 11) is -10.5. The van der Waals surface area contributed by atoms with E-state index in [4.69, 9.17) is 8.92 Å². The second kappa shape index (κ2) is 17.8. The quantitative estimate of drug-likeness (QED) is 0.110. The Labute approximate surface area is 309 Å². The van der Waals surface area contributed by atoms with Crippen LogP contribution >= 0.6 is 0 Å². The van der Waals surface area contributed by atoms with Gasteiger partial charge in [-0.05, 0) is 134 Å². The highest BCUT2D eigenvalue weighted by Gasteiger charge is 2.27. The van der Waals surface area contributed by atoms with Crippen LogP contribution in [-0.4, -0.2) is 50.7 Å². The molecule has 2 aliphatic rings. The molecule has 2 unspecified atom stereocenters. The van der Waals surface area contributed by atoms with E-state index in [2.05, 4.69) is 0 Å². The summed E-state index contributed by atoms with van der Waals surface area (Å²) < 4.78 is 83.3. The van der Waals surface area contributed by atoms with Gasteiger partial charge in [0.2, 0.25) is 19.7 Å². The van der Waals surface area contributed by atoms with Gasteiger partial charge >= 0.3 is 5.97 Å².